The molecule has 3 aliphatic rings. The van der Waals surface area contributed by atoms with Crippen molar-refractivity contribution < 1.29 is 13.9 Å². The van der Waals surface area contributed by atoms with Gasteiger partial charge in [0.25, 0.3) is 0 Å². The zero-order valence-corrected chi connectivity index (χ0v) is 23.0. The molecule has 3 aromatic rings. The van der Waals surface area contributed by atoms with Crippen LogP contribution in [0.15, 0.2) is 30.3 Å². The van der Waals surface area contributed by atoms with Crippen molar-refractivity contribution in [3.63, 3.8) is 0 Å². The number of carbonyl (C=O) groups excluding carboxylic acids is 1. The zero-order valence-electron chi connectivity index (χ0n) is 23.0. The summed E-state index contributed by atoms with van der Waals surface area (Å²) < 4.78 is 18.6. The molecule has 2 fully saturated rings. The van der Waals surface area contributed by atoms with Gasteiger partial charge < -0.3 is 14.6 Å². The molecule has 0 unspecified atom stereocenters. The lowest BCUT2D eigenvalue weighted by atomic mass is 9.70. The van der Waals surface area contributed by atoms with E-state index in [9.17, 15) is 14.4 Å². The van der Waals surface area contributed by atoms with Crippen LogP contribution in [0.25, 0.3) is 10.9 Å². The number of nitrogens with zero attached hydrogens (tertiary/aromatic N) is 3. The van der Waals surface area contributed by atoms with Crippen LogP contribution in [0, 0.1) is 11.3 Å². The third-order valence-corrected chi connectivity index (χ3v) is 9.11. The van der Waals surface area contributed by atoms with Gasteiger partial charge in [-0.05, 0) is 67.5 Å². The summed E-state index contributed by atoms with van der Waals surface area (Å²) >= 11 is 0. The van der Waals surface area contributed by atoms with Gasteiger partial charge in [0.1, 0.15) is 0 Å². The number of alkyl halides is 1. The highest BCUT2D eigenvalue weighted by atomic mass is 19.1. The fourth-order valence-corrected chi connectivity index (χ4v) is 6.90. The van der Waals surface area contributed by atoms with Gasteiger partial charge in [0.15, 0.2) is 5.78 Å². The maximum atomic E-state index is 14.0. The molecule has 2 aromatic carbocycles. The topological polar surface area (TPSA) is 72.4 Å². The van der Waals surface area contributed by atoms with Gasteiger partial charge in [-0.1, -0.05) is 19.9 Å². The smallest absolute Gasteiger partial charge is 0.195 e. The van der Waals surface area contributed by atoms with Crippen molar-refractivity contribution in [1.29, 1.82) is 5.26 Å². The predicted octanol–water partition coefficient (Wildman–Crippen LogP) is 5.50. The molecule has 3 heterocycles. The molecule has 0 spiro atoms. The lowest BCUT2D eigenvalue weighted by Crippen LogP contribution is -2.49. The number of rotatable bonds is 6. The van der Waals surface area contributed by atoms with E-state index in [1.165, 1.54) is 5.69 Å². The van der Waals surface area contributed by atoms with Gasteiger partial charge in [0.2, 0.25) is 0 Å². The average molecular weight is 529 g/mol. The number of hydrogen-bond acceptors (Lipinski definition) is 5. The summed E-state index contributed by atoms with van der Waals surface area (Å²) in [6.45, 7) is 9.64. The van der Waals surface area contributed by atoms with Crippen LogP contribution in [0.5, 0.6) is 0 Å². The SMILES string of the molecule is CC1(C)c2cc(N3CCC(N4CCOCC4)CC3)c(CCCCF)cc2C(=O)c2c1[nH]c1cc(C#N)ccc21. The van der Waals surface area contributed by atoms with E-state index < -0.39 is 5.41 Å². The number of carbonyl (C=O) groups is 1. The van der Waals surface area contributed by atoms with Crippen molar-refractivity contribution >= 4 is 22.4 Å². The van der Waals surface area contributed by atoms with E-state index in [2.05, 4.69) is 46.8 Å². The Morgan fingerprint density at radius 2 is 1.87 bits per heavy atom. The summed E-state index contributed by atoms with van der Waals surface area (Å²) in [5.74, 6) is 0.0274. The Balaban J connectivity index is 1.38. The van der Waals surface area contributed by atoms with E-state index >= 15 is 0 Å². The second-order valence-corrected chi connectivity index (χ2v) is 11.7. The Kier molecular flexibility index (Phi) is 6.95. The Bertz CT molecular complexity index is 1440. The fraction of sp³-hybridized carbons (Fsp3) is 0.500. The van der Waals surface area contributed by atoms with Crippen molar-refractivity contribution in [2.75, 3.05) is 51.0 Å². The molecular weight excluding hydrogens is 491 g/mol. The number of aryl methyl sites for hydroxylation is 1. The number of nitrogens with one attached hydrogen (secondary N) is 1. The number of ether oxygens (including phenoxy) is 1. The molecule has 1 aromatic heterocycles. The molecule has 0 amide bonds. The van der Waals surface area contributed by atoms with Crippen LogP contribution in [0.1, 0.15) is 77.8 Å². The fourth-order valence-electron chi connectivity index (χ4n) is 6.90. The first-order valence-electron chi connectivity index (χ1n) is 14.3. The number of ketones is 1. The number of fused-ring (bicyclic) bond motifs is 4. The van der Waals surface area contributed by atoms with Crippen LogP contribution in [0.2, 0.25) is 0 Å². The van der Waals surface area contributed by atoms with Gasteiger partial charge in [-0.15, -0.1) is 0 Å². The minimum absolute atomic E-state index is 0.0274. The lowest BCUT2D eigenvalue weighted by Gasteiger charge is -2.42. The second kappa shape index (κ2) is 10.4. The van der Waals surface area contributed by atoms with Crippen molar-refractivity contribution in [1.82, 2.24) is 9.88 Å². The molecule has 6 rings (SSSR count). The molecule has 2 aliphatic heterocycles. The monoisotopic (exact) mass is 528 g/mol. The minimum atomic E-state index is -0.414. The van der Waals surface area contributed by atoms with Crippen molar-refractivity contribution in [2.24, 2.45) is 0 Å². The number of nitriles is 1. The quantitative estimate of drug-likeness (QED) is 0.428. The van der Waals surface area contributed by atoms with E-state index in [1.807, 2.05) is 12.1 Å². The second-order valence-electron chi connectivity index (χ2n) is 11.7. The summed E-state index contributed by atoms with van der Waals surface area (Å²) in [6.07, 6.45) is 4.27. The largest absolute Gasteiger partial charge is 0.379 e. The van der Waals surface area contributed by atoms with Crippen LogP contribution >= 0.6 is 0 Å². The van der Waals surface area contributed by atoms with Crippen LogP contribution in [-0.2, 0) is 16.6 Å². The summed E-state index contributed by atoms with van der Waals surface area (Å²) in [5, 5.41) is 10.3. The summed E-state index contributed by atoms with van der Waals surface area (Å²) in [4.78, 5) is 22.6. The van der Waals surface area contributed by atoms with Crippen molar-refractivity contribution in [3.8, 4) is 6.07 Å². The average Bonchev–Trinajstić information content (AvgIpc) is 3.37. The van der Waals surface area contributed by atoms with E-state index in [0.29, 0.717) is 23.6 Å². The Morgan fingerprint density at radius 1 is 1.10 bits per heavy atom. The van der Waals surface area contributed by atoms with E-state index in [0.717, 1.165) is 98.4 Å². The van der Waals surface area contributed by atoms with E-state index in [1.54, 1.807) is 6.07 Å². The number of benzene rings is 2. The number of aromatic amines is 1. The Hall–Kier alpha value is -3.21. The van der Waals surface area contributed by atoms with Gasteiger partial charge in [-0.3, -0.25) is 14.1 Å². The van der Waals surface area contributed by atoms with Crippen LogP contribution in [0.3, 0.4) is 0 Å². The number of anilines is 1. The van der Waals surface area contributed by atoms with Crippen molar-refractivity contribution in [2.45, 2.75) is 57.4 Å². The molecular formula is C32H37FN4O2. The predicted molar refractivity (Wildman–Crippen MR) is 152 cm³/mol. The summed E-state index contributed by atoms with van der Waals surface area (Å²) in [7, 11) is 0. The third kappa shape index (κ3) is 4.54. The Labute approximate surface area is 229 Å². The van der Waals surface area contributed by atoms with Crippen molar-refractivity contribution in [3.05, 3.63) is 63.8 Å². The highest BCUT2D eigenvalue weighted by molar-refractivity contribution is 6.20. The first-order chi connectivity index (χ1) is 18.9. The maximum Gasteiger partial charge on any atom is 0.195 e. The van der Waals surface area contributed by atoms with E-state index in [-0.39, 0.29) is 12.5 Å². The number of aromatic nitrogens is 1. The molecule has 7 heteroatoms. The first-order valence-corrected chi connectivity index (χ1v) is 14.3. The molecule has 0 saturated carbocycles. The van der Waals surface area contributed by atoms with Gasteiger partial charge >= 0.3 is 0 Å². The molecule has 204 valence electrons. The number of morpholine rings is 1. The molecule has 1 N–H and O–H groups in total. The van der Waals surface area contributed by atoms with Crippen LogP contribution < -0.4 is 4.90 Å². The molecule has 0 atom stereocenters. The van der Waals surface area contributed by atoms with Gasteiger partial charge in [-0.2, -0.15) is 5.26 Å². The molecule has 0 radical (unpaired) electrons. The summed E-state index contributed by atoms with van der Waals surface area (Å²) in [6, 6.07) is 12.6. The van der Waals surface area contributed by atoms with Gasteiger partial charge in [0, 0.05) is 65.5 Å². The molecule has 2 saturated heterocycles. The zero-order chi connectivity index (χ0) is 27.1. The number of hydrogen-bond donors (Lipinski definition) is 1. The lowest BCUT2D eigenvalue weighted by molar-refractivity contribution is 0.0115. The summed E-state index contributed by atoms with van der Waals surface area (Å²) in [5.41, 5.74) is 6.72. The first kappa shape index (κ1) is 26.0. The highest BCUT2D eigenvalue weighted by Crippen LogP contribution is 2.46. The maximum absolute atomic E-state index is 14.0. The van der Waals surface area contributed by atoms with E-state index in [4.69, 9.17) is 4.74 Å². The standard InChI is InChI=1S/C32H37FN4O2/c1-32(2)26-19-28(37-11-8-23(9-12-37)36-13-15-39-16-14-36)22(5-3-4-10-33)18-25(26)30(38)29-24-7-6-21(20-34)17-27(24)35-31(29)32/h6-7,17-19,23,35H,3-5,8-16H2,1-2H3. The molecule has 0 bridgehead atoms. The van der Waals surface area contributed by atoms with Gasteiger partial charge in [0.05, 0.1) is 37.1 Å². The third-order valence-electron chi connectivity index (χ3n) is 9.11. The minimum Gasteiger partial charge on any atom is -0.379 e. The van der Waals surface area contributed by atoms with Crippen LogP contribution in [-0.4, -0.2) is 67.8 Å². The highest BCUT2D eigenvalue weighted by Gasteiger charge is 2.41. The molecule has 39 heavy (non-hydrogen) atoms. The normalized spacial score (nSPS) is 19.6. The molecule has 1 aliphatic carbocycles. The number of H-pyrrole nitrogens is 1. The van der Waals surface area contributed by atoms with Crippen LogP contribution in [0.4, 0.5) is 10.1 Å². The molecule has 6 nitrogen and oxygen atoms in total. The number of unbranched alkanes of at least 4 members (excludes halogenated alkanes) is 1. The number of halogens is 1. The Morgan fingerprint density at radius 3 is 2.59 bits per heavy atom. The number of piperidine rings is 1. The van der Waals surface area contributed by atoms with Gasteiger partial charge in [-0.25, -0.2) is 0 Å².